The lowest BCUT2D eigenvalue weighted by Crippen LogP contribution is -2.53. The largest absolute Gasteiger partial charge is 0.469 e. The molecule has 2 rings (SSSR count). The van der Waals surface area contributed by atoms with Gasteiger partial charge in [-0.1, -0.05) is 44.2 Å². The second-order valence-corrected chi connectivity index (χ2v) is 11.2. The molecule has 0 saturated heterocycles. The predicted octanol–water partition coefficient (Wildman–Crippen LogP) is 2.27. The zero-order chi connectivity index (χ0) is 25.5. The number of sulfonamides is 1. The highest BCUT2D eigenvalue weighted by molar-refractivity contribution is 7.89. The van der Waals surface area contributed by atoms with E-state index in [9.17, 15) is 27.6 Å². The third-order valence-electron chi connectivity index (χ3n) is 4.85. The lowest BCUT2D eigenvalue weighted by atomic mass is 10.0. The van der Waals surface area contributed by atoms with Crippen LogP contribution in [0.4, 0.5) is 10.5 Å². The zero-order valence-electron chi connectivity index (χ0n) is 18.8. The van der Waals surface area contributed by atoms with Crippen LogP contribution in [0.2, 0.25) is 0 Å². The number of nitrogens with one attached hydrogen (secondary N) is 1. The van der Waals surface area contributed by atoms with Crippen molar-refractivity contribution in [1.82, 2.24) is 9.62 Å². The van der Waals surface area contributed by atoms with Crippen LogP contribution in [0, 0.1) is 5.92 Å². The van der Waals surface area contributed by atoms with Gasteiger partial charge in [-0.05, 0) is 42.2 Å². The number of hydrogen-bond acceptors (Lipinski definition) is 6. The number of nitrogen functional groups attached to an aromatic ring is 1. The van der Waals surface area contributed by atoms with Crippen LogP contribution < -0.4 is 11.1 Å². The highest BCUT2D eigenvalue weighted by atomic mass is 32.2. The Labute approximate surface area is 198 Å². The van der Waals surface area contributed by atoms with E-state index >= 15 is 0 Å². The van der Waals surface area contributed by atoms with E-state index in [1.807, 2.05) is 0 Å². The van der Waals surface area contributed by atoms with E-state index in [1.165, 1.54) is 24.3 Å². The van der Waals surface area contributed by atoms with Gasteiger partial charge in [0.15, 0.2) is 0 Å². The zero-order valence-corrected chi connectivity index (χ0v) is 20.5. The first kappa shape index (κ1) is 27.8. The molecule has 34 heavy (non-hydrogen) atoms. The first-order valence-electron chi connectivity index (χ1n) is 10.4. The van der Waals surface area contributed by atoms with Gasteiger partial charge in [0.25, 0.3) is 0 Å². The highest BCUT2D eigenvalue weighted by Gasteiger charge is 2.40. The van der Waals surface area contributed by atoms with Gasteiger partial charge in [0.1, 0.15) is 6.10 Å². The molecule has 0 fully saturated rings. The van der Waals surface area contributed by atoms with Crippen LogP contribution in [-0.4, -0.2) is 58.9 Å². The molecule has 11 nitrogen and oxygen atoms in total. The number of phosphoric ester groups is 1. The highest BCUT2D eigenvalue weighted by Crippen LogP contribution is 2.40. The third-order valence-corrected chi connectivity index (χ3v) is 7.30. The number of rotatable bonds is 12. The summed E-state index contributed by atoms with van der Waals surface area (Å²) in [6.45, 7) is 3.01. The van der Waals surface area contributed by atoms with Crippen molar-refractivity contribution in [2.24, 2.45) is 5.92 Å². The van der Waals surface area contributed by atoms with Gasteiger partial charge in [-0.15, -0.1) is 0 Å². The molecular formula is C21H30N3O8PS. The fraction of sp³-hybridized carbons (Fsp3) is 0.381. The molecule has 1 amide bonds. The second-order valence-electron chi connectivity index (χ2n) is 8.12. The Kier molecular flexibility index (Phi) is 9.63. The summed E-state index contributed by atoms with van der Waals surface area (Å²) in [6, 6.07) is 13.1. The minimum absolute atomic E-state index is 0.00767. The quantitative estimate of drug-likeness (QED) is 0.209. The average molecular weight is 516 g/mol. The smallest absolute Gasteiger partial charge is 0.465 e. The van der Waals surface area contributed by atoms with Crippen LogP contribution in [0.1, 0.15) is 19.4 Å². The number of benzene rings is 2. The van der Waals surface area contributed by atoms with Gasteiger partial charge in [-0.3, -0.25) is 4.52 Å². The van der Waals surface area contributed by atoms with E-state index in [2.05, 4.69) is 5.32 Å². The number of hydrogen-bond donors (Lipinski definition) is 5. The SMILES string of the molecule is CC(C)CN(C(Cc1ccccc1)C(CNC(=O)O)OP(=O)(O)O)S(=O)(=O)c1ccc(N)cc1. The molecule has 188 valence electrons. The lowest BCUT2D eigenvalue weighted by Gasteiger charge is -2.37. The number of nitrogens with zero attached hydrogens (tertiary/aromatic N) is 1. The van der Waals surface area contributed by atoms with Gasteiger partial charge in [-0.2, -0.15) is 4.31 Å². The minimum atomic E-state index is -5.12. The standard InChI is InChI=1S/C21H30N3O8PS/c1-15(2)14-24(34(30,31)18-10-8-17(22)9-11-18)19(12-16-6-4-3-5-7-16)20(13-23-21(25)26)32-33(27,28)29/h3-11,15,19-20,23H,12-14,22H2,1-2H3,(H,25,26)(H2,27,28,29). The van der Waals surface area contributed by atoms with Crippen molar-refractivity contribution in [3.05, 3.63) is 60.2 Å². The summed E-state index contributed by atoms with van der Waals surface area (Å²) in [5.41, 5.74) is 6.73. The van der Waals surface area contributed by atoms with Crippen LogP contribution in [-0.2, 0) is 25.5 Å². The number of amides is 1. The molecule has 2 atom stereocenters. The maximum atomic E-state index is 13.7. The van der Waals surface area contributed by atoms with Crippen LogP contribution in [0.25, 0.3) is 0 Å². The van der Waals surface area contributed by atoms with Crippen molar-refractivity contribution < 1.29 is 37.2 Å². The maximum absolute atomic E-state index is 13.7. The normalized spacial score (nSPS) is 14.2. The van der Waals surface area contributed by atoms with Crippen molar-refractivity contribution in [2.75, 3.05) is 18.8 Å². The molecule has 2 aromatic carbocycles. The van der Waals surface area contributed by atoms with E-state index in [1.54, 1.807) is 44.2 Å². The van der Waals surface area contributed by atoms with Gasteiger partial charge in [0.05, 0.1) is 10.9 Å². The van der Waals surface area contributed by atoms with Crippen LogP contribution in [0.15, 0.2) is 59.5 Å². The van der Waals surface area contributed by atoms with Gasteiger partial charge in [0.2, 0.25) is 10.0 Å². The maximum Gasteiger partial charge on any atom is 0.469 e. The first-order chi connectivity index (χ1) is 15.8. The molecule has 2 unspecified atom stereocenters. The Morgan fingerprint density at radius 1 is 1.12 bits per heavy atom. The Morgan fingerprint density at radius 2 is 1.71 bits per heavy atom. The molecule has 0 heterocycles. The summed E-state index contributed by atoms with van der Waals surface area (Å²) in [6.07, 6.45) is -2.94. The number of phosphoric acid groups is 1. The third kappa shape index (κ3) is 8.39. The number of anilines is 1. The molecule has 2 aromatic rings. The molecule has 0 aliphatic rings. The average Bonchev–Trinajstić information content (AvgIpc) is 2.73. The minimum Gasteiger partial charge on any atom is -0.465 e. The van der Waals surface area contributed by atoms with E-state index in [4.69, 9.17) is 15.4 Å². The summed E-state index contributed by atoms with van der Waals surface area (Å²) in [5, 5.41) is 11.1. The molecular weight excluding hydrogens is 485 g/mol. The second kappa shape index (κ2) is 11.8. The lowest BCUT2D eigenvalue weighted by molar-refractivity contribution is 0.0706. The monoisotopic (exact) mass is 515 g/mol. The van der Waals surface area contributed by atoms with E-state index in [0.29, 0.717) is 11.3 Å². The Balaban J connectivity index is 2.64. The summed E-state index contributed by atoms with van der Waals surface area (Å²) in [4.78, 5) is 30.1. The summed E-state index contributed by atoms with van der Waals surface area (Å²) in [7, 11) is -9.32. The number of carbonyl (C=O) groups is 1. The molecule has 0 aromatic heterocycles. The Hall–Kier alpha value is -2.47. The number of carboxylic acid groups (broad SMARTS) is 1. The summed E-state index contributed by atoms with van der Waals surface area (Å²) < 4.78 is 45.3. The Morgan fingerprint density at radius 3 is 2.21 bits per heavy atom. The molecule has 0 bridgehead atoms. The van der Waals surface area contributed by atoms with Crippen molar-refractivity contribution in [2.45, 2.75) is 37.3 Å². The van der Waals surface area contributed by atoms with Crippen LogP contribution in [0.5, 0.6) is 0 Å². The summed E-state index contributed by atoms with van der Waals surface area (Å²) in [5.74, 6) is -0.176. The van der Waals surface area contributed by atoms with Gasteiger partial charge in [-0.25, -0.2) is 17.8 Å². The molecule has 13 heteroatoms. The van der Waals surface area contributed by atoms with E-state index in [-0.39, 0.29) is 23.8 Å². The molecule has 0 saturated carbocycles. The van der Waals surface area contributed by atoms with Crippen molar-refractivity contribution >= 4 is 29.6 Å². The first-order valence-corrected chi connectivity index (χ1v) is 13.4. The molecule has 6 N–H and O–H groups in total. The van der Waals surface area contributed by atoms with Gasteiger partial charge < -0.3 is 25.9 Å². The fourth-order valence-electron chi connectivity index (χ4n) is 3.43. The van der Waals surface area contributed by atoms with Crippen molar-refractivity contribution in [3.63, 3.8) is 0 Å². The summed E-state index contributed by atoms with van der Waals surface area (Å²) >= 11 is 0. The van der Waals surface area contributed by atoms with Crippen molar-refractivity contribution in [1.29, 1.82) is 0 Å². The number of nitrogens with two attached hydrogens (primary N) is 1. The molecule has 0 aliphatic carbocycles. The van der Waals surface area contributed by atoms with E-state index in [0.717, 1.165) is 4.31 Å². The Bertz CT molecular complexity index is 1090. The molecule has 0 aliphatic heterocycles. The molecule has 0 radical (unpaired) electrons. The molecule has 0 spiro atoms. The topological polar surface area (TPSA) is 179 Å². The van der Waals surface area contributed by atoms with Gasteiger partial charge >= 0.3 is 13.9 Å². The van der Waals surface area contributed by atoms with Gasteiger partial charge in [0, 0.05) is 18.8 Å². The van der Waals surface area contributed by atoms with E-state index < -0.39 is 42.6 Å². The van der Waals surface area contributed by atoms with Crippen LogP contribution in [0.3, 0.4) is 0 Å². The predicted molar refractivity (Wildman–Crippen MR) is 126 cm³/mol. The van der Waals surface area contributed by atoms with Crippen molar-refractivity contribution in [3.8, 4) is 0 Å². The van der Waals surface area contributed by atoms with Crippen LogP contribution >= 0.6 is 7.82 Å². The fourth-order valence-corrected chi connectivity index (χ4v) is 5.81.